The van der Waals surface area contributed by atoms with Gasteiger partial charge in [-0.25, -0.2) is 17.6 Å². The van der Waals surface area contributed by atoms with Crippen LogP contribution >= 0.6 is 15.9 Å². The first-order valence-corrected chi connectivity index (χ1v) is 13.0. The lowest BCUT2D eigenvalue weighted by Gasteiger charge is -2.35. The number of halogens is 2. The van der Waals surface area contributed by atoms with E-state index in [1.165, 1.54) is 15.3 Å². The number of benzene rings is 2. The van der Waals surface area contributed by atoms with Crippen molar-refractivity contribution in [2.24, 2.45) is 0 Å². The summed E-state index contributed by atoms with van der Waals surface area (Å²) in [5, 5.41) is 2.59. The van der Waals surface area contributed by atoms with E-state index < -0.39 is 28.2 Å². The van der Waals surface area contributed by atoms with Crippen LogP contribution in [0.1, 0.15) is 13.3 Å². The molecule has 2 aliphatic rings. The topological polar surface area (TPSA) is 99.3 Å². The average molecular weight is 555 g/mol. The Morgan fingerprint density at radius 2 is 1.82 bits per heavy atom. The molecule has 9 nitrogen and oxygen atoms in total. The van der Waals surface area contributed by atoms with E-state index in [9.17, 15) is 22.4 Å². The number of carbonyl (C=O) groups excluding carboxylic acids is 2. The molecule has 2 saturated heterocycles. The molecular weight excluding hydrogens is 531 g/mol. The predicted molar refractivity (Wildman–Crippen MR) is 128 cm³/mol. The zero-order valence-electron chi connectivity index (χ0n) is 18.4. The number of rotatable bonds is 6. The summed E-state index contributed by atoms with van der Waals surface area (Å²) in [6.45, 7) is 2.85. The first-order chi connectivity index (χ1) is 16.2. The lowest BCUT2D eigenvalue weighted by atomic mass is 10.2. The van der Waals surface area contributed by atoms with Crippen molar-refractivity contribution in [3.63, 3.8) is 0 Å². The smallest absolute Gasteiger partial charge is 0.416 e. The normalized spacial score (nSPS) is 19.3. The van der Waals surface area contributed by atoms with Crippen LogP contribution in [0.3, 0.4) is 0 Å². The van der Waals surface area contributed by atoms with E-state index in [0.29, 0.717) is 24.5 Å². The molecule has 0 spiro atoms. The number of hydrogen-bond acceptors (Lipinski definition) is 6. The molecule has 12 heteroatoms. The summed E-state index contributed by atoms with van der Waals surface area (Å²) in [5.74, 6) is -0.780. The van der Waals surface area contributed by atoms with E-state index in [1.807, 2.05) is 0 Å². The second kappa shape index (κ2) is 9.88. The lowest BCUT2D eigenvalue weighted by molar-refractivity contribution is -0.123. The Hall–Kier alpha value is -2.70. The Labute approximate surface area is 205 Å². The summed E-state index contributed by atoms with van der Waals surface area (Å²) in [5.41, 5.74) is 0.642. The highest BCUT2D eigenvalue weighted by molar-refractivity contribution is 9.10. The van der Waals surface area contributed by atoms with Crippen LogP contribution in [0, 0.1) is 5.82 Å². The van der Waals surface area contributed by atoms with Crippen molar-refractivity contribution in [2.45, 2.75) is 24.5 Å². The Morgan fingerprint density at radius 1 is 1.15 bits per heavy atom. The number of ether oxygens (including phenoxy) is 1. The molecule has 34 heavy (non-hydrogen) atoms. The van der Waals surface area contributed by atoms with Gasteiger partial charge in [0.15, 0.2) is 6.23 Å². The fourth-order valence-corrected chi connectivity index (χ4v) is 5.56. The van der Waals surface area contributed by atoms with Gasteiger partial charge in [-0.05, 0) is 42.5 Å². The van der Waals surface area contributed by atoms with Crippen molar-refractivity contribution in [3.05, 3.63) is 52.8 Å². The highest BCUT2D eigenvalue weighted by Crippen LogP contribution is 2.29. The summed E-state index contributed by atoms with van der Waals surface area (Å²) in [7, 11) is -3.63. The minimum absolute atomic E-state index is 0.0793. The maximum Gasteiger partial charge on any atom is 0.416 e. The number of hydrogen-bond donors (Lipinski definition) is 1. The van der Waals surface area contributed by atoms with Gasteiger partial charge in [-0.2, -0.15) is 4.31 Å². The number of piperazine rings is 1. The lowest BCUT2D eigenvalue weighted by Crippen LogP contribution is -2.48. The first-order valence-electron chi connectivity index (χ1n) is 10.8. The van der Waals surface area contributed by atoms with Gasteiger partial charge in [0.2, 0.25) is 15.9 Å². The Morgan fingerprint density at radius 3 is 2.44 bits per heavy atom. The van der Waals surface area contributed by atoms with Gasteiger partial charge in [0.25, 0.3) is 0 Å². The Kier molecular flexibility index (Phi) is 7.10. The summed E-state index contributed by atoms with van der Waals surface area (Å²) in [4.78, 5) is 27.0. The molecule has 0 bridgehead atoms. The molecule has 4 rings (SSSR count). The van der Waals surface area contributed by atoms with E-state index in [0.717, 1.165) is 4.47 Å². The van der Waals surface area contributed by atoms with Gasteiger partial charge >= 0.3 is 6.09 Å². The third kappa shape index (κ3) is 5.03. The molecule has 0 aromatic heterocycles. The molecule has 0 aliphatic carbocycles. The van der Waals surface area contributed by atoms with Crippen molar-refractivity contribution in [2.75, 3.05) is 42.5 Å². The minimum atomic E-state index is -3.63. The highest BCUT2D eigenvalue weighted by Gasteiger charge is 2.34. The van der Waals surface area contributed by atoms with E-state index in [4.69, 9.17) is 4.74 Å². The van der Waals surface area contributed by atoms with Gasteiger partial charge < -0.3 is 15.0 Å². The number of nitrogens with one attached hydrogen (secondary N) is 1. The number of anilines is 2. The molecule has 0 radical (unpaired) electrons. The number of sulfonamides is 1. The first kappa shape index (κ1) is 24.4. The van der Waals surface area contributed by atoms with Crippen LogP contribution in [-0.2, 0) is 19.6 Å². The molecule has 182 valence electrons. The standard InChI is InChI=1S/C22H24BrFN4O5S/c1-2-20(29)25-21-14-28(22(30)33-21)16-5-8-19(18(24)13-16)26-9-11-27(12-10-26)34(31,32)17-6-3-15(23)4-7-17/h3-8,13,21H,2,9-12,14H2,1H3,(H,25,29). The Bertz CT molecular complexity index is 1190. The van der Waals surface area contributed by atoms with Crippen molar-refractivity contribution in [1.29, 1.82) is 0 Å². The van der Waals surface area contributed by atoms with Crippen LogP contribution in [-0.4, -0.2) is 63.7 Å². The van der Waals surface area contributed by atoms with Crippen LogP contribution in [0.25, 0.3) is 0 Å². The fraction of sp³-hybridized carbons (Fsp3) is 0.364. The van der Waals surface area contributed by atoms with Gasteiger partial charge in [-0.3, -0.25) is 9.69 Å². The van der Waals surface area contributed by atoms with E-state index in [-0.39, 0.29) is 36.9 Å². The van der Waals surface area contributed by atoms with E-state index in [2.05, 4.69) is 21.2 Å². The molecule has 2 fully saturated rings. The minimum Gasteiger partial charge on any atom is -0.423 e. The van der Waals surface area contributed by atoms with Crippen LogP contribution < -0.4 is 15.1 Å². The molecule has 2 aromatic carbocycles. The second-order valence-corrected chi connectivity index (χ2v) is 10.7. The van der Waals surface area contributed by atoms with Gasteiger partial charge in [0, 0.05) is 37.1 Å². The summed E-state index contributed by atoms with van der Waals surface area (Å²) in [6, 6.07) is 10.9. The second-order valence-electron chi connectivity index (χ2n) is 7.88. The molecule has 1 N–H and O–H groups in total. The summed E-state index contributed by atoms with van der Waals surface area (Å²) in [6.07, 6.45) is -1.20. The number of amides is 2. The van der Waals surface area contributed by atoms with Gasteiger partial charge in [0.05, 0.1) is 22.8 Å². The zero-order chi connectivity index (χ0) is 24.5. The van der Waals surface area contributed by atoms with Crippen molar-refractivity contribution in [1.82, 2.24) is 9.62 Å². The molecule has 2 amide bonds. The largest absolute Gasteiger partial charge is 0.423 e. The zero-order valence-corrected chi connectivity index (χ0v) is 20.8. The summed E-state index contributed by atoms with van der Waals surface area (Å²) < 4.78 is 48.1. The maximum atomic E-state index is 15.0. The van der Waals surface area contributed by atoms with Crippen LogP contribution in [0.4, 0.5) is 20.6 Å². The fourth-order valence-electron chi connectivity index (χ4n) is 3.88. The van der Waals surface area contributed by atoms with Gasteiger partial charge in [0.1, 0.15) is 5.82 Å². The van der Waals surface area contributed by atoms with Crippen LogP contribution in [0.15, 0.2) is 51.8 Å². The van der Waals surface area contributed by atoms with E-state index >= 15 is 0 Å². The van der Waals surface area contributed by atoms with Crippen LogP contribution in [0.2, 0.25) is 0 Å². The molecule has 1 unspecified atom stereocenters. The SMILES string of the molecule is CCC(=O)NC1CN(c2ccc(N3CCN(S(=O)(=O)c4ccc(Br)cc4)CC3)c(F)c2)C(=O)O1. The van der Waals surface area contributed by atoms with Crippen molar-refractivity contribution < 1.29 is 27.1 Å². The van der Waals surface area contributed by atoms with Gasteiger partial charge in [-0.1, -0.05) is 22.9 Å². The molecule has 2 aliphatic heterocycles. The Balaban J connectivity index is 1.41. The van der Waals surface area contributed by atoms with Crippen molar-refractivity contribution >= 4 is 49.3 Å². The quantitative estimate of drug-likeness (QED) is 0.589. The summed E-state index contributed by atoms with van der Waals surface area (Å²) >= 11 is 3.30. The van der Waals surface area contributed by atoms with E-state index in [1.54, 1.807) is 48.2 Å². The third-order valence-corrected chi connectivity index (χ3v) is 8.17. The third-order valence-electron chi connectivity index (χ3n) is 5.73. The van der Waals surface area contributed by atoms with Gasteiger partial charge in [-0.15, -0.1) is 0 Å². The molecule has 2 aromatic rings. The van der Waals surface area contributed by atoms with Crippen LogP contribution in [0.5, 0.6) is 0 Å². The highest BCUT2D eigenvalue weighted by atomic mass is 79.9. The maximum absolute atomic E-state index is 15.0. The number of cyclic esters (lactones) is 1. The number of carbonyl (C=O) groups is 2. The molecule has 0 saturated carbocycles. The predicted octanol–water partition coefficient (Wildman–Crippen LogP) is 2.91. The number of nitrogens with zero attached hydrogens (tertiary/aromatic N) is 3. The average Bonchev–Trinajstić information content (AvgIpc) is 3.19. The molecule has 1 atom stereocenters. The molecular formula is C22H24BrFN4O5S. The monoisotopic (exact) mass is 554 g/mol. The molecule has 2 heterocycles. The van der Waals surface area contributed by atoms with Crippen molar-refractivity contribution in [3.8, 4) is 0 Å².